The highest BCUT2D eigenvalue weighted by molar-refractivity contribution is 7.86. The molecule has 0 spiro atoms. The van der Waals surface area contributed by atoms with Crippen LogP contribution in [0.3, 0.4) is 0 Å². The van der Waals surface area contributed by atoms with Gasteiger partial charge in [-0.3, -0.25) is 4.55 Å². The van der Waals surface area contributed by atoms with Crippen LogP contribution in [0.1, 0.15) is 32.3 Å². The van der Waals surface area contributed by atoms with Gasteiger partial charge in [0.15, 0.2) is 5.75 Å². The number of nitrogens with zero attached hydrogens (tertiary/aromatic N) is 1. The molecule has 0 saturated carbocycles. The van der Waals surface area contributed by atoms with Gasteiger partial charge in [0.25, 0.3) is 10.1 Å². The highest BCUT2D eigenvalue weighted by atomic mass is 35.5. The van der Waals surface area contributed by atoms with Crippen LogP contribution in [0.15, 0.2) is 103 Å². The molecule has 1 heterocycles. The Labute approximate surface area is 235 Å². The zero-order chi connectivity index (χ0) is 28.2. The van der Waals surface area contributed by atoms with E-state index < -0.39 is 15.4 Å². The van der Waals surface area contributed by atoms with E-state index in [0.29, 0.717) is 41.1 Å². The first-order chi connectivity index (χ1) is 18.5. The number of rotatable bonds is 10. The van der Waals surface area contributed by atoms with E-state index >= 15 is 0 Å². The molecule has 1 aliphatic rings. The standard InChI is InChI=1S/C31H32ClNO5S/c1-5-24(18-22(3)37-29-14-12-27(32)17-21(29)2)19-31-33(16-15-23(4)39(34,35)36)28-20-26(11-13-30(28)38-31)25-9-7-6-8-10-25/h6-14,17-20,23H,3,5,15-16H2,1-2,4H3,(H,34,35,36)/b24-18+,31-19-. The maximum absolute atomic E-state index is 11.7. The fourth-order valence-corrected chi connectivity index (χ4v) is 4.85. The van der Waals surface area contributed by atoms with E-state index in [2.05, 4.69) is 6.58 Å². The molecule has 1 aliphatic heterocycles. The van der Waals surface area contributed by atoms with Gasteiger partial charge >= 0.3 is 0 Å². The van der Waals surface area contributed by atoms with Crippen molar-refractivity contribution < 1.29 is 22.4 Å². The number of hydrogen-bond acceptors (Lipinski definition) is 5. The van der Waals surface area contributed by atoms with Crippen molar-refractivity contribution in [1.29, 1.82) is 0 Å². The van der Waals surface area contributed by atoms with Crippen LogP contribution in [0.2, 0.25) is 5.02 Å². The fourth-order valence-electron chi connectivity index (χ4n) is 4.22. The number of allylic oxidation sites excluding steroid dienone is 3. The first kappa shape index (κ1) is 28.5. The average Bonchev–Trinajstić information content (AvgIpc) is 3.24. The number of fused-ring (bicyclic) bond motifs is 1. The lowest BCUT2D eigenvalue weighted by atomic mass is 10.0. The molecule has 3 aromatic carbocycles. The molecule has 0 aromatic heterocycles. The smallest absolute Gasteiger partial charge is 0.267 e. The molecular formula is C31H32ClNO5S. The van der Waals surface area contributed by atoms with E-state index in [0.717, 1.165) is 28.0 Å². The van der Waals surface area contributed by atoms with Crippen molar-refractivity contribution in [1.82, 2.24) is 0 Å². The Morgan fingerprint density at radius 3 is 2.54 bits per heavy atom. The number of ether oxygens (including phenoxy) is 2. The van der Waals surface area contributed by atoms with Crippen LogP contribution in [0.25, 0.3) is 11.1 Å². The second kappa shape index (κ2) is 12.1. The molecule has 6 nitrogen and oxygen atoms in total. The molecule has 0 bridgehead atoms. The lowest BCUT2D eigenvalue weighted by Gasteiger charge is -2.21. The zero-order valence-electron chi connectivity index (χ0n) is 22.2. The van der Waals surface area contributed by atoms with Crippen molar-refractivity contribution in [2.24, 2.45) is 0 Å². The first-order valence-corrected chi connectivity index (χ1v) is 14.6. The van der Waals surface area contributed by atoms with Gasteiger partial charge in [-0.05, 0) is 85.4 Å². The average molecular weight is 566 g/mol. The molecule has 1 N–H and O–H groups in total. The van der Waals surface area contributed by atoms with E-state index in [1.165, 1.54) is 6.92 Å². The number of anilines is 1. The monoisotopic (exact) mass is 565 g/mol. The van der Waals surface area contributed by atoms with E-state index in [-0.39, 0.29) is 6.42 Å². The summed E-state index contributed by atoms with van der Waals surface area (Å²) in [4.78, 5) is 1.94. The number of halogens is 1. The van der Waals surface area contributed by atoms with Crippen LogP contribution in [-0.4, -0.2) is 24.8 Å². The van der Waals surface area contributed by atoms with Gasteiger partial charge in [-0.15, -0.1) is 0 Å². The molecular weight excluding hydrogens is 534 g/mol. The molecule has 0 saturated heterocycles. The quantitative estimate of drug-likeness (QED) is 0.153. The minimum absolute atomic E-state index is 0.214. The molecule has 0 aliphatic carbocycles. The Bertz CT molecular complexity index is 1530. The minimum atomic E-state index is -4.15. The molecule has 0 radical (unpaired) electrons. The normalized spacial score (nSPS) is 15.2. The van der Waals surface area contributed by atoms with Crippen LogP contribution in [0, 0.1) is 6.92 Å². The number of benzene rings is 3. The maximum atomic E-state index is 11.7. The highest BCUT2D eigenvalue weighted by Gasteiger charge is 2.29. The topological polar surface area (TPSA) is 76.1 Å². The lowest BCUT2D eigenvalue weighted by molar-refractivity contribution is 0.432. The molecule has 39 heavy (non-hydrogen) atoms. The summed E-state index contributed by atoms with van der Waals surface area (Å²) >= 11 is 6.06. The van der Waals surface area contributed by atoms with E-state index in [1.807, 2.05) is 85.5 Å². The van der Waals surface area contributed by atoms with Crippen LogP contribution >= 0.6 is 11.6 Å². The molecule has 204 valence electrons. The summed E-state index contributed by atoms with van der Waals surface area (Å²) in [6.07, 6.45) is 4.65. The molecule has 1 atom stereocenters. The van der Waals surface area contributed by atoms with Crippen LogP contribution in [-0.2, 0) is 10.1 Å². The van der Waals surface area contributed by atoms with Gasteiger partial charge in [0.1, 0.15) is 11.5 Å². The number of hydrogen-bond donors (Lipinski definition) is 1. The lowest BCUT2D eigenvalue weighted by Crippen LogP contribution is -2.27. The van der Waals surface area contributed by atoms with Gasteiger partial charge in [0.05, 0.1) is 10.9 Å². The Kier molecular flexibility index (Phi) is 8.85. The SMILES string of the molecule is C=C(/C=C(/C=C1\Oc2ccc(-c3ccccc3)cc2N1CCC(C)S(=O)(=O)O)CC)Oc1ccc(Cl)cc1C. The minimum Gasteiger partial charge on any atom is -0.458 e. The fraction of sp³-hybridized carbons (Fsp3) is 0.226. The van der Waals surface area contributed by atoms with Gasteiger partial charge in [0, 0.05) is 17.6 Å². The van der Waals surface area contributed by atoms with Crippen molar-refractivity contribution in [3.05, 3.63) is 113 Å². The van der Waals surface area contributed by atoms with Crippen molar-refractivity contribution in [2.45, 2.75) is 38.9 Å². The Morgan fingerprint density at radius 2 is 1.87 bits per heavy atom. The summed E-state index contributed by atoms with van der Waals surface area (Å²) in [5.74, 6) is 2.36. The summed E-state index contributed by atoms with van der Waals surface area (Å²) in [5, 5.41) is -0.283. The number of aryl methyl sites for hydroxylation is 1. The maximum Gasteiger partial charge on any atom is 0.267 e. The molecule has 0 fully saturated rings. The molecule has 4 rings (SSSR count). The molecule has 0 amide bonds. The van der Waals surface area contributed by atoms with Crippen molar-refractivity contribution in [3.8, 4) is 22.6 Å². The largest absolute Gasteiger partial charge is 0.458 e. The van der Waals surface area contributed by atoms with Gasteiger partial charge < -0.3 is 14.4 Å². The summed E-state index contributed by atoms with van der Waals surface area (Å²) < 4.78 is 45.1. The predicted octanol–water partition coefficient (Wildman–Crippen LogP) is 7.95. The highest BCUT2D eigenvalue weighted by Crippen LogP contribution is 2.42. The van der Waals surface area contributed by atoms with Gasteiger partial charge in [-0.25, -0.2) is 0 Å². The summed E-state index contributed by atoms with van der Waals surface area (Å²) in [6, 6.07) is 21.3. The molecule has 8 heteroatoms. The predicted molar refractivity (Wildman–Crippen MR) is 158 cm³/mol. The Hall–Kier alpha value is -3.52. The molecule has 1 unspecified atom stereocenters. The third kappa shape index (κ3) is 7.12. The summed E-state index contributed by atoms with van der Waals surface area (Å²) in [5.41, 5.74) is 4.71. The second-order valence-electron chi connectivity index (χ2n) is 9.45. The van der Waals surface area contributed by atoms with Crippen LogP contribution < -0.4 is 14.4 Å². The van der Waals surface area contributed by atoms with E-state index in [1.54, 1.807) is 12.1 Å². The molecule has 3 aromatic rings. The van der Waals surface area contributed by atoms with Crippen LogP contribution in [0.4, 0.5) is 5.69 Å². The van der Waals surface area contributed by atoms with Crippen LogP contribution in [0.5, 0.6) is 11.5 Å². The zero-order valence-corrected chi connectivity index (χ0v) is 23.8. The van der Waals surface area contributed by atoms with E-state index in [9.17, 15) is 13.0 Å². The van der Waals surface area contributed by atoms with Gasteiger partial charge in [-0.1, -0.05) is 61.5 Å². The van der Waals surface area contributed by atoms with Crippen molar-refractivity contribution in [3.63, 3.8) is 0 Å². The van der Waals surface area contributed by atoms with Crippen molar-refractivity contribution in [2.75, 3.05) is 11.4 Å². The third-order valence-corrected chi connectivity index (χ3v) is 8.03. The Morgan fingerprint density at radius 1 is 1.13 bits per heavy atom. The van der Waals surface area contributed by atoms with Gasteiger partial charge in [-0.2, -0.15) is 8.42 Å². The van der Waals surface area contributed by atoms with E-state index in [4.69, 9.17) is 21.1 Å². The Balaban J connectivity index is 1.65. The third-order valence-electron chi connectivity index (χ3n) is 6.55. The van der Waals surface area contributed by atoms with Crippen molar-refractivity contribution >= 4 is 27.4 Å². The summed E-state index contributed by atoms with van der Waals surface area (Å²) in [6.45, 7) is 9.81. The first-order valence-electron chi connectivity index (χ1n) is 12.7. The summed E-state index contributed by atoms with van der Waals surface area (Å²) in [7, 11) is -4.15. The second-order valence-corrected chi connectivity index (χ2v) is 11.7. The van der Waals surface area contributed by atoms with Gasteiger partial charge in [0.2, 0.25) is 5.88 Å².